The highest BCUT2D eigenvalue weighted by Gasteiger charge is 2.25. The average Bonchev–Trinajstić information content (AvgIpc) is 2.99. The fourth-order valence-electron chi connectivity index (χ4n) is 3.65. The Morgan fingerprint density at radius 2 is 1.83 bits per heavy atom. The van der Waals surface area contributed by atoms with Crippen molar-refractivity contribution in [1.29, 1.82) is 0 Å². The van der Waals surface area contributed by atoms with E-state index in [0.717, 1.165) is 28.0 Å². The maximum Gasteiger partial charge on any atom is 0.224 e. The summed E-state index contributed by atoms with van der Waals surface area (Å²) in [6.45, 7) is 2.02. The molecule has 1 aromatic heterocycles. The summed E-state index contributed by atoms with van der Waals surface area (Å²) in [4.78, 5) is 16.9. The molecule has 30 heavy (non-hydrogen) atoms. The van der Waals surface area contributed by atoms with Crippen LogP contribution in [0.3, 0.4) is 0 Å². The van der Waals surface area contributed by atoms with Gasteiger partial charge in [-0.2, -0.15) is 0 Å². The van der Waals surface area contributed by atoms with E-state index in [1.54, 1.807) is 30.5 Å². The van der Waals surface area contributed by atoms with Crippen molar-refractivity contribution in [3.63, 3.8) is 0 Å². The van der Waals surface area contributed by atoms with Crippen LogP contribution in [0.25, 0.3) is 17.2 Å². The van der Waals surface area contributed by atoms with E-state index in [-0.39, 0.29) is 30.5 Å². The van der Waals surface area contributed by atoms with Crippen LogP contribution >= 0.6 is 0 Å². The van der Waals surface area contributed by atoms with E-state index in [0.29, 0.717) is 11.1 Å². The number of hydrogen-bond donors (Lipinski definition) is 1. The molecule has 4 rings (SSSR count). The van der Waals surface area contributed by atoms with Crippen LogP contribution in [0.1, 0.15) is 35.7 Å². The van der Waals surface area contributed by atoms with Crippen molar-refractivity contribution in [2.75, 3.05) is 0 Å². The van der Waals surface area contributed by atoms with Crippen LogP contribution in [-0.2, 0) is 11.3 Å². The van der Waals surface area contributed by atoms with Crippen LogP contribution in [0.15, 0.2) is 72.4 Å². The van der Waals surface area contributed by atoms with E-state index < -0.39 is 0 Å². The fourth-order valence-corrected chi connectivity index (χ4v) is 3.65. The van der Waals surface area contributed by atoms with Crippen molar-refractivity contribution in [3.05, 3.63) is 106 Å². The van der Waals surface area contributed by atoms with Crippen molar-refractivity contribution in [2.45, 2.75) is 19.9 Å². The van der Waals surface area contributed by atoms with E-state index in [1.807, 2.05) is 31.2 Å². The summed E-state index contributed by atoms with van der Waals surface area (Å²) < 4.78 is 27.8. The van der Waals surface area contributed by atoms with Gasteiger partial charge in [0.25, 0.3) is 0 Å². The number of pyridine rings is 1. The number of amides is 1. The zero-order valence-electron chi connectivity index (χ0n) is 16.5. The number of hydrogen-bond acceptors (Lipinski definition) is 2. The Balaban J connectivity index is 1.61. The molecule has 0 fully saturated rings. The number of benzene rings is 2. The number of carbonyl (C=O) groups is 1. The standard InChI is InChI=1S/C25H20F2N2O/c1-16-21(13-19-7-4-5-11-28-19)20-10-9-18(26)12-23(20)22(16)14-25(30)29-15-17-6-2-3-8-24(17)27/h2-13H,14-15H2,1H3,(H,29,30)/b21-13+. The van der Waals surface area contributed by atoms with E-state index in [1.165, 1.54) is 18.2 Å². The maximum atomic E-state index is 14.0. The lowest BCUT2D eigenvalue weighted by Gasteiger charge is -2.09. The second kappa shape index (κ2) is 8.41. The van der Waals surface area contributed by atoms with Crippen molar-refractivity contribution < 1.29 is 13.6 Å². The molecule has 1 amide bonds. The van der Waals surface area contributed by atoms with Gasteiger partial charge in [0.2, 0.25) is 5.91 Å². The molecule has 150 valence electrons. The fraction of sp³-hybridized carbons (Fsp3) is 0.120. The van der Waals surface area contributed by atoms with Gasteiger partial charge in [-0.15, -0.1) is 0 Å². The quantitative estimate of drug-likeness (QED) is 0.621. The largest absolute Gasteiger partial charge is 0.352 e. The number of halogens is 2. The maximum absolute atomic E-state index is 14.0. The molecule has 0 spiro atoms. The molecule has 1 N–H and O–H groups in total. The van der Waals surface area contributed by atoms with Crippen LogP contribution in [0.5, 0.6) is 0 Å². The monoisotopic (exact) mass is 402 g/mol. The van der Waals surface area contributed by atoms with Crippen LogP contribution in [0.4, 0.5) is 8.78 Å². The van der Waals surface area contributed by atoms with Crippen LogP contribution in [-0.4, -0.2) is 10.9 Å². The normalized spacial score (nSPS) is 14.2. The average molecular weight is 402 g/mol. The molecule has 0 bridgehead atoms. The number of carbonyl (C=O) groups excluding carboxylic acids is 1. The Morgan fingerprint density at radius 1 is 1.03 bits per heavy atom. The summed E-state index contributed by atoms with van der Waals surface area (Å²) in [6, 6.07) is 16.6. The summed E-state index contributed by atoms with van der Waals surface area (Å²) in [6.07, 6.45) is 3.73. The highest BCUT2D eigenvalue weighted by molar-refractivity contribution is 6.08. The number of aromatic nitrogens is 1. The molecular formula is C25H20F2N2O. The lowest BCUT2D eigenvalue weighted by Crippen LogP contribution is -2.23. The van der Waals surface area contributed by atoms with Crippen LogP contribution < -0.4 is 5.32 Å². The predicted molar refractivity (Wildman–Crippen MR) is 114 cm³/mol. The first kappa shape index (κ1) is 19.7. The summed E-state index contributed by atoms with van der Waals surface area (Å²) >= 11 is 0. The number of nitrogens with zero attached hydrogens (tertiary/aromatic N) is 1. The molecule has 0 aliphatic heterocycles. The lowest BCUT2D eigenvalue weighted by atomic mass is 10.0. The zero-order valence-corrected chi connectivity index (χ0v) is 16.5. The molecular weight excluding hydrogens is 382 g/mol. The molecule has 0 radical (unpaired) electrons. The molecule has 1 aliphatic rings. The van der Waals surface area contributed by atoms with Gasteiger partial charge >= 0.3 is 0 Å². The first-order chi connectivity index (χ1) is 14.5. The van der Waals surface area contributed by atoms with Gasteiger partial charge < -0.3 is 5.32 Å². The third-order valence-electron chi connectivity index (χ3n) is 5.20. The Kier molecular flexibility index (Phi) is 5.53. The summed E-state index contributed by atoms with van der Waals surface area (Å²) in [5.74, 6) is -0.964. The summed E-state index contributed by atoms with van der Waals surface area (Å²) in [7, 11) is 0. The first-order valence-electron chi connectivity index (χ1n) is 9.66. The van der Waals surface area contributed by atoms with Gasteiger partial charge in [-0.3, -0.25) is 9.78 Å². The Hall–Kier alpha value is -3.60. The molecule has 0 unspecified atom stereocenters. The third-order valence-corrected chi connectivity index (χ3v) is 5.20. The minimum atomic E-state index is -0.359. The van der Waals surface area contributed by atoms with Gasteiger partial charge in [-0.1, -0.05) is 30.3 Å². The van der Waals surface area contributed by atoms with Gasteiger partial charge in [-0.25, -0.2) is 8.78 Å². The van der Waals surface area contributed by atoms with Gasteiger partial charge in [0.1, 0.15) is 11.6 Å². The lowest BCUT2D eigenvalue weighted by molar-refractivity contribution is -0.120. The van der Waals surface area contributed by atoms with Crippen LogP contribution in [0.2, 0.25) is 0 Å². The van der Waals surface area contributed by atoms with E-state index in [4.69, 9.17) is 0 Å². The molecule has 3 nitrogen and oxygen atoms in total. The van der Waals surface area contributed by atoms with Crippen molar-refractivity contribution in [2.24, 2.45) is 0 Å². The van der Waals surface area contributed by atoms with Gasteiger partial charge in [0, 0.05) is 18.3 Å². The number of fused-ring (bicyclic) bond motifs is 1. The highest BCUT2D eigenvalue weighted by Crippen LogP contribution is 2.43. The Labute approximate surface area is 173 Å². The summed E-state index contributed by atoms with van der Waals surface area (Å²) in [5, 5.41) is 2.76. The first-order valence-corrected chi connectivity index (χ1v) is 9.66. The SMILES string of the molecule is CC1=C(CC(=O)NCc2ccccc2F)c2cc(F)ccc2/C1=C/c1ccccn1. The minimum absolute atomic E-state index is 0.0797. The zero-order chi connectivity index (χ0) is 21.1. The molecule has 2 aromatic carbocycles. The van der Waals surface area contributed by atoms with Crippen LogP contribution in [0, 0.1) is 11.6 Å². The number of allylic oxidation sites excluding steroid dienone is 2. The smallest absolute Gasteiger partial charge is 0.224 e. The van der Waals surface area contributed by atoms with Crippen molar-refractivity contribution >= 4 is 23.1 Å². The van der Waals surface area contributed by atoms with E-state index in [9.17, 15) is 13.6 Å². The van der Waals surface area contributed by atoms with Crippen molar-refractivity contribution in [3.8, 4) is 0 Å². The molecule has 1 aliphatic carbocycles. The minimum Gasteiger partial charge on any atom is -0.352 e. The van der Waals surface area contributed by atoms with Gasteiger partial charge in [0.05, 0.1) is 12.1 Å². The predicted octanol–water partition coefficient (Wildman–Crippen LogP) is 5.39. The molecule has 5 heteroatoms. The highest BCUT2D eigenvalue weighted by atomic mass is 19.1. The molecule has 3 aromatic rings. The van der Waals surface area contributed by atoms with Gasteiger partial charge in [0.15, 0.2) is 0 Å². The number of nitrogens with one attached hydrogen (secondary N) is 1. The molecule has 0 saturated heterocycles. The Bertz CT molecular complexity index is 1170. The van der Waals surface area contributed by atoms with E-state index >= 15 is 0 Å². The van der Waals surface area contributed by atoms with E-state index in [2.05, 4.69) is 10.3 Å². The second-order valence-corrected chi connectivity index (χ2v) is 7.15. The third kappa shape index (κ3) is 4.06. The molecule has 0 atom stereocenters. The number of rotatable bonds is 5. The molecule has 1 heterocycles. The summed E-state index contributed by atoms with van der Waals surface area (Å²) in [5.41, 5.74) is 5.37. The topological polar surface area (TPSA) is 42.0 Å². The van der Waals surface area contributed by atoms with Crippen molar-refractivity contribution in [1.82, 2.24) is 10.3 Å². The Morgan fingerprint density at radius 3 is 2.60 bits per heavy atom. The van der Waals surface area contributed by atoms with Gasteiger partial charge in [-0.05, 0) is 71.2 Å². The second-order valence-electron chi connectivity index (χ2n) is 7.15. The molecule has 0 saturated carbocycles.